The fraction of sp³-hybridized carbons (Fsp3) is 0.348. The van der Waals surface area contributed by atoms with Crippen molar-refractivity contribution < 1.29 is 4.74 Å². The van der Waals surface area contributed by atoms with Crippen LogP contribution in [0.5, 0.6) is 5.75 Å². The van der Waals surface area contributed by atoms with Gasteiger partial charge in [0.2, 0.25) is 0 Å². The van der Waals surface area contributed by atoms with Gasteiger partial charge in [0.15, 0.2) is 5.96 Å². The van der Waals surface area contributed by atoms with E-state index in [9.17, 15) is 0 Å². The van der Waals surface area contributed by atoms with E-state index in [-0.39, 0.29) is 30.0 Å². The number of aryl methyl sites for hydroxylation is 1. The van der Waals surface area contributed by atoms with E-state index in [2.05, 4.69) is 34.7 Å². The zero-order valence-electron chi connectivity index (χ0n) is 18.6. The summed E-state index contributed by atoms with van der Waals surface area (Å²) in [5, 5.41) is 15.7. The minimum atomic E-state index is -0.00284. The average Bonchev–Trinajstić information content (AvgIpc) is 3.25. The molecule has 0 saturated heterocycles. The van der Waals surface area contributed by atoms with E-state index in [0.717, 1.165) is 46.6 Å². The summed E-state index contributed by atoms with van der Waals surface area (Å²) >= 11 is 6.38. The number of ether oxygens (including phenoxy) is 1. The Morgan fingerprint density at radius 3 is 2.62 bits per heavy atom. The summed E-state index contributed by atoms with van der Waals surface area (Å²) in [5.74, 6) is 2.52. The van der Waals surface area contributed by atoms with Crippen LogP contribution < -0.4 is 15.4 Å². The zero-order chi connectivity index (χ0) is 22.1. The molecule has 0 spiro atoms. The maximum absolute atomic E-state index is 6.38. The number of hydrogen-bond donors (Lipinski definition) is 2. The summed E-state index contributed by atoms with van der Waals surface area (Å²) in [6, 6.07) is 15.7. The number of rotatable bonds is 9. The Balaban J connectivity index is 0.00000363. The van der Waals surface area contributed by atoms with Crippen LogP contribution in [-0.4, -0.2) is 34.4 Å². The molecule has 0 radical (unpaired) electrons. The van der Waals surface area contributed by atoms with E-state index in [1.165, 1.54) is 0 Å². The molecular formula is C23H30ClIN6O. The van der Waals surface area contributed by atoms with Crippen molar-refractivity contribution in [2.45, 2.75) is 39.4 Å². The fourth-order valence-corrected chi connectivity index (χ4v) is 3.50. The summed E-state index contributed by atoms with van der Waals surface area (Å²) in [6.45, 7) is 6.12. The first-order chi connectivity index (χ1) is 15.1. The zero-order valence-corrected chi connectivity index (χ0v) is 21.7. The van der Waals surface area contributed by atoms with Crippen molar-refractivity contribution in [3.63, 3.8) is 0 Å². The van der Waals surface area contributed by atoms with Gasteiger partial charge >= 0.3 is 0 Å². The quantitative estimate of drug-likeness (QED) is 0.224. The van der Waals surface area contributed by atoms with Crippen LogP contribution in [0.25, 0.3) is 0 Å². The second-order valence-electron chi connectivity index (χ2n) is 7.12. The van der Waals surface area contributed by atoms with E-state index in [4.69, 9.17) is 21.3 Å². The SMILES string of the molecule is CCc1nncn1CCNC(=NCc1ccc(OC)cc1)NC(C)c1ccccc1Cl.I. The molecule has 3 rings (SSSR count). The van der Waals surface area contributed by atoms with Crippen LogP contribution in [0.4, 0.5) is 0 Å². The lowest BCUT2D eigenvalue weighted by Crippen LogP contribution is -2.40. The summed E-state index contributed by atoms with van der Waals surface area (Å²) in [7, 11) is 1.66. The minimum Gasteiger partial charge on any atom is -0.497 e. The molecule has 0 aliphatic carbocycles. The third-order valence-corrected chi connectivity index (χ3v) is 5.31. The van der Waals surface area contributed by atoms with Gasteiger partial charge in [0.05, 0.1) is 19.7 Å². The highest BCUT2D eigenvalue weighted by atomic mass is 127. The predicted molar refractivity (Wildman–Crippen MR) is 140 cm³/mol. The molecule has 0 aliphatic heterocycles. The molecular weight excluding hydrogens is 539 g/mol. The lowest BCUT2D eigenvalue weighted by atomic mass is 10.1. The highest BCUT2D eigenvalue weighted by Gasteiger charge is 2.11. The summed E-state index contributed by atoms with van der Waals surface area (Å²) in [6.07, 6.45) is 2.61. The minimum absolute atomic E-state index is 0. The number of nitrogens with zero attached hydrogens (tertiary/aromatic N) is 4. The fourth-order valence-electron chi connectivity index (χ4n) is 3.20. The van der Waals surface area contributed by atoms with Crippen LogP contribution in [0, 0.1) is 0 Å². The Kier molecular flexibility index (Phi) is 10.8. The Bertz CT molecular complexity index is 992. The van der Waals surface area contributed by atoms with Crippen molar-refractivity contribution in [2.75, 3.05) is 13.7 Å². The van der Waals surface area contributed by atoms with Gasteiger partial charge in [-0.1, -0.05) is 48.9 Å². The summed E-state index contributed by atoms with van der Waals surface area (Å²) < 4.78 is 7.28. The molecule has 1 atom stereocenters. The van der Waals surface area contributed by atoms with E-state index >= 15 is 0 Å². The molecule has 0 fully saturated rings. The molecule has 2 aromatic carbocycles. The first kappa shape index (κ1) is 25.9. The van der Waals surface area contributed by atoms with Crippen LogP contribution in [-0.2, 0) is 19.5 Å². The molecule has 0 aliphatic rings. The van der Waals surface area contributed by atoms with Gasteiger partial charge in [0.25, 0.3) is 0 Å². The second-order valence-corrected chi connectivity index (χ2v) is 7.53. The molecule has 3 aromatic rings. The van der Waals surface area contributed by atoms with Gasteiger partial charge in [-0.25, -0.2) is 4.99 Å². The van der Waals surface area contributed by atoms with E-state index in [1.54, 1.807) is 13.4 Å². The van der Waals surface area contributed by atoms with Crippen molar-refractivity contribution in [1.82, 2.24) is 25.4 Å². The van der Waals surface area contributed by atoms with Crippen LogP contribution >= 0.6 is 35.6 Å². The van der Waals surface area contributed by atoms with E-state index in [1.807, 2.05) is 53.1 Å². The molecule has 172 valence electrons. The molecule has 9 heteroatoms. The second kappa shape index (κ2) is 13.3. The highest BCUT2D eigenvalue weighted by Crippen LogP contribution is 2.22. The highest BCUT2D eigenvalue weighted by molar-refractivity contribution is 14.0. The largest absolute Gasteiger partial charge is 0.497 e. The first-order valence-electron chi connectivity index (χ1n) is 10.4. The number of benzene rings is 2. The third kappa shape index (κ3) is 7.37. The predicted octanol–water partition coefficient (Wildman–Crippen LogP) is 4.62. The Morgan fingerprint density at radius 2 is 1.94 bits per heavy atom. The molecule has 1 aromatic heterocycles. The van der Waals surface area contributed by atoms with Crippen molar-refractivity contribution in [3.05, 3.63) is 76.8 Å². The third-order valence-electron chi connectivity index (χ3n) is 4.96. The maximum Gasteiger partial charge on any atom is 0.192 e. The summed E-state index contributed by atoms with van der Waals surface area (Å²) in [5.41, 5.74) is 2.12. The Morgan fingerprint density at radius 1 is 1.19 bits per heavy atom. The van der Waals surface area contributed by atoms with Gasteiger partial charge in [-0.3, -0.25) is 0 Å². The van der Waals surface area contributed by atoms with Crippen molar-refractivity contribution in [1.29, 1.82) is 0 Å². The monoisotopic (exact) mass is 568 g/mol. The number of aromatic nitrogens is 3. The smallest absolute Gasteiger partial charge is 0.192 e. The van der Waals surface area contributed by atoms with Crippen molar-refractivity contribution in [2.24, 2.45) is 4.99 Å². The maximum atomic E-state index is 6.38. The number of methoxy groups -OCH3 is 1. The summed E-state index contributed by atoms with van der Waals surface area (Å²) in [4.78, 5) is 4.78. The van der Waals surface area contributed by atoms with Crippen LogP contribution in [0.3, 0.4) is 0 Å². The topological polar surface area (TPSA) is 76.4 Å². The normalized spacial score (nSPS) is 12.1. The van der Waals surface area contributed by atoms with Gasteiger partial charge < -0.3 is 19.9 Å². The molecule has 7 nitrogen and oxygen atoms in total. The molecule has 1 unspecified atom stereocenters. The van der Waals surface area contributed by atoms with Crippen molar-refractivity contribution >= 4 is 41.5 Å². The average molecular weight is 569 g/mol. The number of nitrogens with one attached hydrogen (secondary N) is 2. The molecule has 2 N–H and O–H groups in total. The molecule has 0 amide bonds. The van der Waals surface area contributed by atoms with Crippen molar-refractivity contribution in [3.8, 4) is 5.75 Å². The van der Waals surface area contributed by atoms with Gasteiger partial charge in [0.1, 0.15) is 17.9 Å². The molecule has 0 saturated carbocycles. The Hall–Kier alpha value is -2.33. The van der Waals surface area contributed by atoms with Crippen LogP contribution in [0.1, 0.15) is 36.8 Å². The van der Waals surface area contributed by atoms with E-state index in [0.29, 0.717) is 13.1 Å². The molecule has 32 heavy (non-hydrogen) atoms. The van der Waals surface area contributed by atoms with Crippen LogP contribution in [0.15, 0.2) is 59.9 Å². The lowest BCUT2D eigenvalue weighted by molar-refractivity contribution is 0.414. The van der Waals surface area contributed by atoms with Crippen LogP contribution in [0.2, 0.25) is 5.02 Å². The number of guanidine groups is 1. The van der Waals surface area contributed by atoms with Gasteiger partial charge in [0, 0.05) is 24.5 Å². The Labute approximate surface area is 211 Å². The number of halogens is 2. The van der Waals surface area contributed by atoms with Gasteiger partial charge in [-0.2, -0.15) is 0 Å². The standard InChI is InChI=1S/C23H29ClN6O.HI/c1-4-22-29-27-16-30(22)14-13-25-23(26-15-18-9-11-19(31-3)12-10-18)28-17(2)20-7-5-6-8-21(20)24;/h5-12,16-17H,4,13-15H2,1-3H3,(H2,25,26,28);1H. The van der Waals surface area contributed by atoms with E-state index < -0.39 is 0 Å². The first-order valence-corrected chi connectivity index (χ1v) is 10.8. The van der Waals surface area contributed by atoms with Gasteiger partial charge in [-0.05, 0) is 36.2 Å². The number of hydrogen-bond acceptors (Lipinski definition) is 4. The molecule has 1 heterocycles. The number of aliphatic imine (C=N–C) groups is 1. The molecule has 0 bridgehead atoms. The lowest BCUT2D eigenvalue weighted by Gasteiger charge is -2.20. The van der Waals surface area contributed by atoms with Gasteiger partial charge in [-0.15, -0.1) is 34.2 Å².